The number of rotatable bonds is 3. The molecule has 0 fully saturated rings. The van der Waals surface area contributed by atoms with Gasteiger partial charge < -0.3 is 5.32 Å². The van der Waals surface area contributed by atoms with Crippen LogP contribution in [0.15, 0.2) is 31.0 Å². The van der Waals surface area contributed by atoms with Crippen LogP contribution in [0.4, 0.5) is 5.82 Å². The molecule has 0 aliphatic heterocycles. The van der Waals surface area contributed by atoms with Crippen molar-refractivity contribution in [3.63, 3.8) is 0 Å². The summed E-state index contributed by atoms with van der Waals surface area (Å²) in [5.41, 5.74) is 0.717. The number of alkyl halides is 1. The fourth-order valence-corrected chi connectivity index (χ4v) is 1.19. The van der Waals surface area contributed by atoms with Gasteiger partial charge in [-0.2, -0.15) is 0 Å². The lowest BCUT2D eigenvalue weighted by Gasteiger charge is -1.99. The average Bonchev–Trinajstić information content (AvgIpc) is 2.78. The van der Waals surface area contributed by atoms with Crippen LogP contribution in [0.3, 0.4) is 0 Å². The van der Waals surface area contributed by atoms with Crippen molar-refractivity contribution in [3.8, 4) is 5.69 Å². The molecule has 0 spiro atoms. The zero-order valence-electron chi connectivity index (χ0n) is 8.17. The second-order valence-corrected chi connectivity index (χ2v) is 3.19. The number of hydrogen-bond acceptors (Lipinski definition) is 4. The lowest BCUT2D eigenvalue weighted by atomic mass is 10.5. The summed E-state index contributed by atoms with van der Waals surface area (Å²) in [6, 6.07) is 1.66. The molecule has 2 heterocycles. The summed E-state index contributed by atoms with van der Waals surface area (Å²) >= 11 is 5.36. The van der Waals surface area contributed by atoms with Crippen molar-refractivity contribution in [1.29, 1.82) is 0 Å². The molecule has 0 saturated carbocycles. The van der Waals surface area contributed by atoms with Crippen molar-refractivity contribution >= 4 is 23.3 Å². The highest BCUT2D eigenvalue weighted by Crippen LogP contribution is 2.07. The maximum Gasteiger partial charge on any atom is 0.240 e. The van der Waals surface area contributed by atoms with Gasteiger partial charge in [-0.15, -0.1) is 16.7 Å². The quantitative estimate of drug-likeness (QED) is 0.803. The van der Waals surface area contributed by atoms with Gasteiger partial charge in [0.1, 0.15) is 17.9 Å². The van der Waals surface area contributed by atoms with E-state index in [4.69, 9.17) is 11.6 Å². The molecule has 2 rings (SSSR count). The van der Waals surface area contributed by atoms with Gasteiger partial charge in [0.05, 0.1) is 12.4 Å². The molecule has 0 unspecified atom stereocenters. The smallest absolute Gasteiger partial charge is 0.240 e. The standard InChI is InChI=1S/C9H8ClN5O/c10-3-9(16)13-8-1-2-15(14-8)7-4-11-6-12-5-7/h1-2,4-6H,3H2,(H,13,14,16). The number of halogens is 1. The Hall–Kier alpha value is -1.95. The second-order valence-electron chi connectivity index (χ2n) is 2.92. The highest BCUT2D eigenvalue weighted by atomic mass is 35.5. The fraction of sp³-hybridized carbons (Fsp3) is 0.111. The number of hydrogen-bond donors (Lipinski definition) is 1. The molecule has 16 heavy (non-hydrogen) atoms. The van der Waals surface area contributed by atoms with Gasteiger partial charge in [0.2, 0.25) is 5.91 Å². The molecule has 0 aliphatic rings. The second kappa shape index (κ2) is 4.71. The Bertz CT molecular complexity index is 484. The summed E-state index contributed by atoms with van der Waals surface area (Å²) in [5.74, 6) is 0.0483. The van der Waals surface area contributed by atoms with Crippen LogP contribution >= 0.6 is 11.6 Å². The lowest BCUT2D eigenvalue weighted by molar-refractivity contribution is -0.113. The van der Waals surface area contributed by atoms with E-state index in [-0.39, 0.29) is 11.8 Å². The van der Waals surface area contributed by atoms with Crippen molar-refractivity contribution in [1.82, 2.24) is 19.7 Å². The molecule has 0 bridgehead atoms. The van der Waals surface area contributed by atoms with Gasteiger partial charge in [0, 0.05) is 12.3 Å². The maximum atomic E-state index is 11.0. The van der Waals surface area contributed by atoms with Crippen molar-refractivity contribution in [2.45, 2.75) is 0 Å². The Balaban J connectivity index is 2.17. The van der Waals surface area contributed by atoms with Crippen LogP contribution in [0.5, 0.6) is 0 Å². The molecule has 7 heteroatoms. The number of amides is 1. The molecule has 0 aromatic carbocycles. The first-order chi connectivity index (χ1) is 7.79. The number of nitrogens with zero attached hydrogens (tertiary/aromatic N) is 4. The van der Waals surface area contributed by atoms with Gasteiger partial charge in [0.25, 0.3) is 0 Å². The molecule has 1 amide bonds. The van der Waals surface area contributed by atoms with Crippen molar-refractivity contribution in [2.24, 2.45) is 0 Å². The van der Waals surface area contributed by atoms with E-state index in [0.29, 0.717) is 11.5 Å². The van der Waals surface area contributed by atoms with Crippen LogP contribution in [0, 0.1) is 0 Å². The van der Waals surface area contributed by atoms with E-state index in [1.807, 2.05) is 0 Å². The number of nitrogens with one attached hydrogen (secondary N) is 1. The minimum absolute atomic E-state index is 0.0959. The highest BCUT2D eigenvalue weighted by Gasteiger charge is 2.04. The van der Waals surface area contributed by atoms with Gasteiger partial charge in [0.15, 0.2) is 5.82 Å². The predicted molar refractivity (Wildman–Crippen MR) is 58.5 cm³/mol. The minimum Gasteiger partial charge on any atom is -0.308 e. The summed E-state index contributed by atoms with van der Waals surface area (Å²) in [7, 11) is 0. The zero-order valence-corrected chi connectivity index (χ0v) is 8.92. The summed E-state index contributed by atoms with van der Waals surface area (Å²) in [5, 5.41) is 6.65. The highest BCUT2D eigenvalue weighted by molar-refractivity contribution is 6.28. The van der Waals surface area contributed by atoms with E-state index in [1.54, 1.807) is 29.3 Å². The van der Waals surface area contributed by atoms with E-state index in [9.17, 15) is 4.79 Å². The molecule has 2 aromatic heterocycles. The molecular weight excluding hydrogens is 230 g/mol. The maximum absolute atomic E-state index is 11.0. The molecule has 0 radical (unpaired) electrons. The zero-order chi connectivity index (χ0) is 11.4. The van der Waals surface area contributed by atoms with Crippen molar-refractivity contribution in [2.75, 3.05) is 11.2 Å². The van der Waals surface area contributed by atoms with Crippen LogP contribution in [-0.4, -0.2) is 31.5 Å². The van der Waals surface area contributed by atoms with Crippen molar-refractivity contribution < 1.29 is 4.79 Å². The topological polar surface area (TPSA) is 72.7 Å². The normalized spacial score (nSPS) is 10.1. The van der Waals surface area contributed by atoms with Crippen LogP contribution in [0.25, 0.3) is 5.69 Å². The first-order valence-corrected chi connectivity index (χ1v) is 5.00. The molecule has 1 N–H and O–H groups in total. The number of aromatic nitrogens is 4. The Morgan fingerprint density at radius 2 is 2.19 bits per heavy atom. The van der Waals surface area contributed by atoms with Gasteiger partial charge >= 0.3 is 0 Å². The van der Waals surface area contributed by atoms with Crippen LogP contribution in [0.2, 0.25) is 0 Å². The molecule has 2 aromatic rings. The van der Waals surface area contributed by atoms with Gasteiger partial charge in [-0.1, -0.05) is 0 Å². The monoisotopic (exact) mass is 237 g/mol. The first kappa shape index (κ1) is 10.6. The third-order valence-electron chi connectivity index (χ3n) is 1.79. The van der Waals surface area contributed by atoms with Gasteiger partial charge in [-0.05, 0) is 0 Å². The van der Waals surface area contributed by atoms with E-state index in [0.717, 1.165) is 0 Å². The van der Waals surface area contributed by atoms with E-state index in [2.05, 4.69) is 20.4 Å². The van der Waals surface area contributed by atoms with E-state index >= 15 is 0 Å². The number of carbonyl (C=O) groups excluding carboxylic acids is 1. The van der Waals surface area contributed by atoms with E-state index < -0.39 is 0 Å². The SMILES string of the molecule is O=C(CCl)Nc1ccn(-c2cncnc2)n1. The summed E-state index contributed by atoms with van der Waals surface area (Å²) in [4.78, 5) is 18.7. The summed E-state index contributed by atoms with van der Waals surface area (Å²) in [6.07, 6.45) is 6.37. The lowest BCUT2D eigenvalue weighted by Crippen LogP contribution is -2.13. The molecule has 0 atom stereocenters. The number of carbonyl (C=O) groups is 1. The third kappa shape index (κ3) is 2.34. The number of anilines is 1. The average molecular weight is 238 g/mol. The fourth-order valence-electron chi connectivity index (χ4n) is 1.12. The summed E-state index contributed by atoms with van der Waals surface area (Å²) in [6.45, 7) is 0. The van der Waals surface area contributed by atoms with E-state index in [1.165, 1.54) is 6.33 Å². The van der Waals surface area contributed by atoms with Crippen LogP contribution in [0.1, 0.15) is 0 Å². The van der Waals surface area contributed by atoms with Gasteiger partial charge in [-0.3, -0.25) is 4.79 Å². The van der Waals surface area contributed by atoms with Gasteiger partial charge in [-0.25, -0.2) is 14.6 Å². The Labute approximate surface area is 96.3 Å². The largest absolute Gasteiger partial charge is 0.308 e. The molecule has 0 saturated heterocycles. The molecule has 0 aliphatic carbocycles. The summed E-state index contributed by atoms with van der Waals surface area (Å²) < 4.78 is 1.56. The molecule has 82 valence electrons. The molecular formula is C9H8ClN5O. The Morgan fingerprint density at radius 3 is 2.88 bits per heavy atom. The Morgan fingerprint density at radius 1 is 1.44 bits per heavy atom. The van der Waals surface area contributed by atoms with Crippen LogP contribution in [-0.2, 0) is 4.79 Å². The molecule has 6 nitrogen and oxygen atoms in total. The van der Waals surface area contributed by atoms with Crippen LogP contribution < -0.4 is 5.32 Å². The predicted octanol–water partition coefficient (Wildman–Crippen LogP) is 0.840. The first-order valence-electron chi connectivity index (χ1n) is 4.46. The Kier molecular flexibility index (Phi) is 3.11. The minimum atomic E-state index is -0.295. The third-order valence-corrected chi connectivity index (χ3v) is 2.03. The van der Waals surface area contributed by atoms with Crippen molar-refractivity contribution in [3.05, 3.63) is 31.0 Å².